The molecule has 100 valence electrons. The molecule has 2 aromatic heterocycles. The number of hydrogen-bond acceptors (Lipinski definition) is 3. The second-order valence-electron chi connectivity index (χ2n) is 4.34. The fourth-order valence-corrected chi connectivity index (χ4v) is 2.14. The van der Waals surface area contributed by atoms with Gasteiger partial charge in [0.15, 0.2) is 5.65 Å². The summed E-state index contributed by atoms with van der Waals surface area (Å²) < 4.78 is 14.4. The first-order valence-electron chi connectivity index (χ1n) is 5.91. The Morgan fingerprint density at radius 2 is 1.95 bits per heavy atom. The van der Waals surface area contributed by atoms with Crippen molar-refractivity contribution in [1.82, 2.24) is 14.6 Å². The lowest BCUT2D eigenvalue weighted by atomic mass is 10.1. The van der Waals surface area contributed by atoms with Gasteiger partial charge in [-0.2, -0.15) is 5.10 Å². The van der Waals surface area contributed by atoms with Crippen molar-refractivity contribution in [3.8, 4) is 11.3 Å². The summed E-state index contributed by atoms with van der Waals surface area (Å²) in [4.78, 5) is 15.3. The van der Waals surface area contributed by atoms with E-state index < -0.39 is 5.97 Å². The zero-order chi connectivity index (χ0) is 14.3. The van der Waals surface area contributed by atoms with E-state index >= 15 is 0 Å². The Bertz CT molecular complexity index is 809. The van der Waals surface area contributed by atoms with Gasteiger partial charge >= 0.3 is 5.97 Å². The second-order valence-corrected chi connectivity index (χ2v) is 4.34. The summed E-state index contributed by atoms with van der Waals surface area (Å²) in [5.41, 5.74) is 2.13. The highest BCUT2D eigenvalue weighted by molar-refractivity contribution is 5.96. The zero-order valence-corrected chi connectivity index (χ0v) is 10.5. The molecule has 20 heavy (non-hydrogen) atoms. The molecule has 0 saturated heterocycles. The predicted molar refractivity (Wildman–Crippen MR) is 70.1 cm³/mol. The molecule has 0 spiro atoms. The molecule has 0 bridgehead atoms. The van der Waals surface area contributed by atoms with Gasteiger partial charge in [-0.25, -0.2) is 18.7 Å². The van der Waals surface area contributed by atoms with Gasteiger partial charge in [0, 0.05) is 11.8 Å². The summed E-state index contributed by atoms with van der Waals surface area (Å²) >= 11 is 0. The van der Waals surface area contributed by atoms with Crippen LogP contribution in [0.2, 0.25) is 0 Å². The number of fused-ring (bicyclic) bond motifs is 1. The summed E-state index contributed by atoms with van der Waals surface area (Å²) in [6, 6.07) is 7.62. The van der Waals surface area contributed by atoms with Gasteiger partial charge in [0.1, 0.15) is 11.4 Å². The number of carbonyl (C=O) groups is 1. The van der Waals surface area contributed by atoms with Crippen LogP contribution in [0.25, 0.3) is 16.9 Å². The van der Waals surface area contributed by atoms with Crippen molar-refractivity contribution in [3.05, 3.63) is 53.6 Å². The third-order valence-electron chi connectivity index (χ3n) is 3.05. The number of nitrogens with zero attached hydrogens (tertiary/aromatic N) is 3. The van der Waals surface area contributed by atoms with Crippen molar-refractivity contribution < 1.29 is 14.3 Å². The largest absolute Gasteiger partial charge is 0.477 e. The molecule has 0 amide bonds. The maximum atomic E-state index is 13.0. The van der Waals surface area contributed by atoms with Crippen LogP contribution < -0.4 is 0 Å². The molecule has 0 fully saturated rings. The van der Waals surface area contributed by atoms with Gasteiger partial charge in [-0.05, 0) is 37.3 Å². The Labute approximate surface area is 113 Å². The summed E-state index contributed by atoms with van der Waals surface area (Å²) in [6.45, 7) is 1.62. The summed E-state index contributed by atoms with van der Waals surface area (Å²) in [5, 5.41) is 13.4. The average molecular weight is 271 g/mol. The highest BCUT2D eigenvalue weighted by Crippen LogP contribution is 2.22. The van der Waals surface area contributed by atoms with Crippen LogP contribution in [0, 0.1) is 12.7 Å². The zero-order valence-electron chi connectivity index (χ0n) is 10.5. The van der Waals surface area contributed by atoms with E-state index in [2.05, 4.69) is 10.1 Å². The number of carboxylic acid groups (broad SMARTS) is 1. The van der Waals surface area contributed by atoms with Crippen LogP contribution in [0.15, 0.2) is 36.5 Å². The first kappa shape index (κ1) is 12.3. The van der Waals surface area contributed by atoms with Gasteiger partial charge in [0.05, 0.1) is 11.4 Å². The molecule has 5 nitrogen and oxygen atoms in total. The minimum Gasteiger partial charge on any atom is -0.477 e. The lowest BCUT2D eigenvalue weighted by molar-refractivity contribution is 0.0698. The van der Waals surface area contributed by atoms with Gasteiger partial charge in [0.2, 0.25) is 0 Å². The van der Waals surface area contributed by atoms with Crippen molar-refractivity contribution >= 4 is 11.6 Å². The number of aryl methyl sites for hydroxylation is 1. The predicted octanol–water partition coefficient (Wildman–Crippen LogP) is 2.54. The topological polar surface area (TPSA) is 67.5 Å². The molecule has 3 rings (SSSR count). The molecular weight excluding hydrogens is 261 g/mol. The van der Waals surface area contributed by atoms with Gasteiger partial charge in [-0.1, -0.05) is 0 Å². The lowest BCUT2D eigenvalue weighted by Crippen LogP contribution is -2.00. The molecule has 0 saturated carbocycles. The molecule has 0 atom stereocenters. The fraction of sp³-hybridized carbons (Fsp3) is 0.0714. The highest BCUT2D eigenvalue weighted by Gasteiger charge is 2.19. The van der Waals surface area contributed by atoms with E-state index in [0.29, 0.717) is 11.4 Å². The number of benzene rings is 1. The Hall–Kier alpha value is -2.76. The number of rotatable bonds is 2. The number of aromatic carboxylic acids is 1. The monoisotopic (exact) mass is 271 g/mol. The first-order valence-corrected chi connectivity index (χ1v) is 5.91. The van der Waals surface area contributed by atoms with Crippen molar-refractivity contribution in [2.24, 2.45) is 0 Å². The normalized spacial score (nSPS) is 10.9. The van der Waals surface area contributed by atoms with E-state index in [1.807, 2.05) is 0 Å². The molecule has 0 radical (unpaired) electrons. The Morgan fingerprint density at radius 3 is 2.60 bits per heavy atom. The van der Waals surface area contributed by atoms with Gasteiger partial charge in [-0.15, -0.1) is 0 Å². The molecular formula is C14H10FN3O2. The first-order chi connectivity index (χ1) is 9.58. The van der Waals surface area contributed by atoms with Crippen LogP contribution >= 0.6 is 0 Å². The fourth-order valence-electron chi connectivity index (χ4n) is 2.14. The van der Waals surface area contributed by atoms with Gasteiger partial charge < -0.3 is 5.11 Å². The van der Waals surface area contributed by atoms with E-state index in [0.717, 1.165) is 5.56 Å². The van der Waals surface area contributed by atoms with E-state index in [4.69, 9.17) is 0 Å². The lowest BCUT2D eigenvalue weighted by Gasteiger charge is -2.04. The van der Waals surface area contributed by atoms with Crippen molar-refractivity contribution in [2.75, 3.05) is 0 Å². The van der Waals surface area contributed by atoms with E-state index in [-0.39, 0.29) is 17.0 Å². The molecule has 0 unspecified atom stereocenters. The number of carboxylic acids is 1. The van der Waals surface area contributed by atoms with E-state index in [1.54, 1.807) is 25.1 Å². The van der Waals surface area contributed by atoms with Gasteiger partial charge in [-0.3, -0.25) is 0 Å². The molecule has 1 aromatic carbocycles. The third-order valence-corrected chi connectivity index (χ3v) is 3.05. The van der Waals surface area contributed by atoms with E-state index in [9.17, 15) is 14.3 Å². The standard InChI is InChI=1S/C14H10FN3O2/c1-8-12(14(19)20)13-16-7-6-11(18(13)17-8)9-2-4-10(15)5-3-9/h2-7H,1H3,(H,19,20). The van der Waals surface area contributed by atoms with Crippen LogP contribution in [0.1, 0.15) is 16.1 Å². The molecule has 0 aliphatic rings. The summed E-state index contributed by atoms with van der Waals surface area (Å²) in [5.74, 6) is -1.40. The van der Waals surface area contributed by atoms with Crippen molar-refractivity contribution in [2.45, 2.75) is 6.92 Å². The molecule has 6 heteroatoms. The third kappa shape index (κ3) is 1.82. The molecule has 2 heterocycles. The number of halogens is 1. The SMILES string of the molecule is Cc1nn2c(-c3ccc(F)cc3)ccnc2c1C(=O)O. The maximum absolute atomic E-state index is 13.0. The Balaban J connectivity index is 2.30. The Kier molecular flexibility index (Phi) is 2.71. The highest BCUT2D eigenvalue weighted by atomic mass is 19.1. The smallest absolute Gasteiger partial charge is 0.341 e. The molecule has 3 aromatic rings. The maximum Gasteiger partial charge on any atom is 0.341 e. The molecule has 0 aliphatic carbocycles. The minimum atomic E-state index is -1.07. The Morgan fingerprint density at radius 1 is 1.25 bits per heavy atom. The number of aromatic nitrogens is 3. The van der Waals surface area contributed by atoms with Crippen LogP contribution in [0.5, 0.6) is 0 Å². The quantitative estimate of drug-likeness (QED) is 0.777. The van der Waals surface area contributed by atoms with Crippen LogP contribution in [0.3, 0.4) is 0 Å². The van der Waals surface area contributed by atoms with Crippen molar-refractivity contribution in [3.63, 3.8) is 0 Å². The van der Waals surface area contributed by atoms with Crippen LogP contribution in [-0.4, -0.2) is 25.7 Å². The van der Waals surface area contributed by atoms with Crippen molar-refractivity contribution in [1.29, 1.82) is 0 Å². The number of hydrogen-bond donors (Lipinski definition) is 1. The molecule has 0 aliphatic heterocycles. The van der Waals surface area contributed by atoms with Crippen LogP contribution in [0.4, 0.5) is 4.39 Å². The van der Waals surface area contributed by atoms with E-state index in [1.165, 1.54) is 22.8 Å². The summed E-state index contributed by atoms with van der Waals surface area (Å²) in [7, 11) is 0. The summed E-state index contributed by atoms with van der Waals surface area (Å²) in [6.07, 6.45) is 1.52. The average Bonchev–Trinajstić information content (AvgIpc) is 2.75. The second kappa shape index (κ2) is 4.41. The van der Waals surface area contributed by atoms with Crippen LogP contribution in [-0.2, 0) is 0 Å². The van der Waals surface area contributed by atoms with Gasteiger partial charge in [0.25, 0.3) is 0 Å². The minimum absolute atomic E-state index is 0.0777. The molecule has 1 N–H and O–H groups in total.